The highest BCUT2D eigenvalue weighted by molar-refractivity contribution is 5.71. The number of rotatable bonds is 1. The lowest BCUT2D eigenvalue weighted by Gasteiger charge is -2.03. The first-order valence-corrected chi connectivity index (χ1v) is 4.70. The lowest BCUT2D eigenvalue weighted by Crippen LogP contribution is -1.86. The van der Waals surface area contributed by atoms with E-state index in [0.29, 0.717) is 11.1 Å². The first kappa shape index (κ1) is 9.89. The fraction of sp³-hybridized carbons (Fsp3) is 0. The highest BCUT2D eigenvalue weighted by atomic mass is 14.6. The fourth-order valence-corrected chi connectivity index (χ4v) is 1.47. The van der Waals surface area contributed by atoms with Gasteiger partial charge in [0, 0.05) is 23.5 Å². The van der Waals surface area contributed by atoms with E-state index in [1.54, 1.807) is 36.7 Å². The van der Waals surface area contributed by atoms with Crippen LogP contribution in [0.2, 0.25) is 0 Å². The van der Waals surface area contributed by atoms with E-state index in [1.165, 1.54) is 0 Å². The Hall–Kier alpha value is -2.65. The number of aromatic nitrogens is 1. The van der Waals surface area contributed by atoms with E-state index in [4.69, 9.17) is 10.5 Å². The molecule has 0 bridgehead atoms. The Labute approximate surface area is 93.2 Å². The summed E-state index contributed by atoms with van der Waals surface area (Å²) in [5.74, 6) is 0. The monoisotopic (exact) mass is 205 g/mol. The van der Waals surface area contributed by atoms with E-state index in [0.717, 1.165) is 11.1 Å². The molecule has 1 heterocycles. The summed E-state index contributed by atoms with van der Waals surface area (Å²) in [5, 5.41) is 17.8. The number of pyridine rings is 1. The summed E-state index contributed by atoms with van der Waals surface area (Å²) < 4.78 is 0. The van der Waals surface area contributed by atoms with Crippen molar-refractivity contribution in [3.63, 3.8) is 0 Å². The molecule has 0 aliphatic carbocycles. The molecular weight excluding hydrogens is 198 g/mol. The second-order valence-corrected chi connectivity index (χ2v) is 3.23. The van der Waals surface area contributed by atoms with Crippen molar-refractivity contribution in [1.82, 2.24) is 4.98 Å². The molecule has 74 valence electrons. The number of hydrogen-bond acceptors (Lipinski definition) is 3. The molecule has 2 rings (SSSR count). The zero-order valence-corrected chi connectivity index (χ0v) is 8.38. The van der Waals surface area contributed by atoms with E-state index in [2.05, 4.69) is 17.1 Å². The lowest BCUT2D eigenvalue weighted by atomic mass is 9.99. The molecule has 16 heavy (non-hydrogen) atoms. The van der Waals surface area contributed by atoms with Gasteiger partial charge in [-0.15, -0.1) is 0 Å². The smallest absolute Gasteiger partial charge is 0.0998 e. The zero-order valence-electron chi connectivity index (χ0n) is 8.38. The average molecular weight is 205 g/mol. The molecule has 0 saturated heterocycles. The van der Waals surface area contributed by atoms with Gasteiger partial charge in [-0.05, 0) is 24.3 Å². The Morgan fingerprint density at radius 2 is 1.94 bits per heavy atom. The van der Waals surface area contributed by atoms with Crippen LogP contribution in [-0.2, 0) is 0 Å². The van der Waals surface area contributed by atoms with Crippen LogP contribution in [0.15, 0.2) is 42.7 Å². The topological polar surface area (TPSA) is 60.5 Å². The van der Waals surface area contributed by atoms with E-state index in [-0.39, 0.29) is 0 Å². The quantitative estimate of drug-likeness (QED) is 0.718. The van der Waals surface area contributed by atoms with Crippen LogP contribution in [0.1, 0.15) is 11.1 Å². The van der Waals surface area contributed by atoms with Gasteiger partial charge in [-0.3, -0.25) is 4.98 Å². The van der Waals surface area contributed by atoms with Crippen molar-refractivity contribution in [2.75, 3.05) is 0 Å². The normalized spacial score (nSPS) is 9.12. The second kappa shape index (κ2) is 4.25. The molecule has 0 aliphatic rings. The molecule has 1 aromatic heterocycles. The summed E-state index contributed by atoms with van der Waals surface area (Å²) in [7, 11) is 0. The maximum Gasteiger partial charge on any atom is 0.0998 e. The Balaban J connectivity index is 2.65. The van der Waals surface area contributed by atoms with Gasteiger partial charge in [-0.1, -0.05) is 6.07 Å². The highest BCUT2D eigenvalue weighted by Crippen LogP contribution is 2.23. The predicted molar refractivity (Wildman–Crippen MR) is 59.1 cm³/mol. The molecule has 0 radical (unpaired) electrons. The third kappa shape index (κ3) is 1.75. The molecule has 3 heteroatoms. The van der Waals surface area contributed by atoms with Crippen LogP contribution in [0.4, 0.5) is 0 Å². The molecule has 0 N–H and O–H groups in total. The van der Waals surface area contributed by atoms with Crippen molar-refractivity contribution in [3.05, 3.63) is 53.9 Å². The Kier molecular flexibility index (Phi) is 2.63. The number of nitriles is 2. The van der Waals surface area contributed by atoms with Crippen LogP contribution >= 0.6 is 0 Å². The molecule has 0 fully saturated rings. The van der Waals surface area contributed by atoms with Crippen LogP contribution < -0.4 is 0 Å². The average Bonchev–Trinajstić information content (AvgIpc) is 2.39. The second-order valence-electron chi connectivity index (χ2n) is 3.23. The van der Waals surface area contributed by atoms with Gasteiger partial charge in [0.05, 0.1) is 23.3 Å². The number of benzene rings is 1. The number of hydrogen-bond donors (Lipinski definition) is 0. The largest absolute Gasteiger partial charge is 0.264 e. The molecule has 1 aromatic carbocycles. The Morgan fingerprint density at radius 3 is 2.56 bits per heavy atom. The Morgan fingerprint density at radius 1 is 1.06 bits per heavy atom. The maximum absolute atomic E-state index is 8.99. The zero-order chi connectivity index (χ0) is 11.4. The summed E-state index contributed by atoms with van der Waals surface area (Å²) in [5.41, 5.74) is 2.68. The van der Waals surface area contributed by atoms with Crippen LogP contribution in [0.25, 0.3) is 11.1 Å². The summed E-state index contributed by atoms with van der Waals surface area (Å²) in [6.45, 7) is 0. The van der Waals surface area contributed by atoms with Crippen molar-refractivity contribution < 1.29 is 0 Å². The fourth-order valence-electron chi connectivity index (χ4n) is 1.47. The molecule has 0 spiro atoms. The van der Waals surface area contributed by atoms with Gasteiger partial charge in [0.15, 0.2) is 0 Å². The van der Waals surface area contributed by atoms with Gasteiger partial charge < -0.3 is 0 Å². The Bertz CT molecular complexity index is 589. The first-order valence-electron chi connectivity index (χ1n) is 4.70. The molecule has 0 amide bonds. The minimum Gasteiger partial charge on any atom is -0.264 e. The summed E-state index contributed by atoms with van der Waals surface area (Å²) >= 11 is 0. The van der Waals surface area contributed by atoms with Crippen molar-refractivity contribution >= 4 is 0 Å². The predicted octanol–water partition coefficient (Wildman–Crippen LogP) is 2.49. The van der Waals surface area contributed by atoms with Crippen LogP contribution in [-0.4, -0.2) is 4.98 Å². The van der Waals surface area contributed by atoms with Crippen LogP contribution in [0, 0.1) is 22.7 Å². The SMILES string of the molecule is N#Cc1ccc(C#N)c(-c2cccnc2)c1. The van der Waals surface area contributed by atoms with Crippen molar-refractivity contribution in [2.24, 2.45) is 0 Å². The van der Waals surface area contributed by atoms with E-state index in [1.807, 2.05) is 6.07 Å². The van der Waals surface area contributed by atoms with Crippen LogP contribution in [0.3, 0.4) is 0 Å². The minimum atomic E-state index is 0.540. The van der Waals surface area contributed by atoms with Crippen LogP contribution in [0.5, 0.6) is 0 Å². The first-order chi connectivity index (χ1) is 7.85. The molecule has 0 saturated carbocycles. The van der Waals surface area contributed by atoms with Crippen molar-refractivity contribution in [1.29, 1.82) is 10.5 Å². The molecule has 0 atom stereocenters. The minimum absolute atomic E-state index is 0.540. The van der Waals surface area contributed by atoms with Crippen molar-refractivity contribution in [3.8, 4) is 23.3 Å². The number of nitrogens with zero attached hydrogens (tertiary/aromatic N) is 3. The molecule has 2 aromatic rings. The van der Waals surface area contributed by atoms with Gasteiger partial charge >= 0.3 is 0 Å². The third-order valence-corrected chi connectivity index (χ3v) is 2.24. The van der Waals surface area contributed by atoms with Gasteiger partial charge in [0.1, 0.15) is 0 Å². The molecular formula is C13H7N3. The molecule has 0 unspecified atom stereocenters. The van der Waals surface area contributed by atoms with Gasteiger partial charge in [0.2, 0.25) is 0 Å². The maximum atomic E-state index is 8.99. The third-order valence-electron chi connectivity index (χ3n) is 2.24. The molecule has 0 aliphatic heterocycles. The van der Waals surface area contributed by atoms with E-state index in [9.17, 15) is 0 Å². The molecule has 3 nitrogen and oxygen atoms in total. The van der Waals surface area contributed by atoms with Gasteiger partial charge in [-0.25, -0.2) is 0 Å². The van der Waals surface area contributed by atoms with Crippen molar-refractivity contribution in [2.45, 2.75) is 0 Å². The van der Waals surface area contributed by atoms with Gasteiger partial charge in [0.25, 0.3) is 0 Å². The van der Waals surface area contributed by atoms with E-state index >= 15 is 0 Å². The van der Waals surface area contributed by atoms with Gasteiger partial charge in [-0.2, -0.15) is 10.5 Å². The highest BCUT2D eigenvalue weighted by Gasteiger charge is 2.05. The summed E-state index contributed by atoms with van der Waals surface area (Å²) in [6, 6.07) is 12.8. The standard InChI is InChI=1S/C13H7N3/c14-7-10-3-4-11(8-15)13(6-10)12-2-1-5-16-9-12/h1-6,9H. The summed E-state index contributed by atoms with van der Waals surface area (Å²) in [4.78, 5) is 4.00. The summed E-state index contributed by atoms with van der Waals surface area (Å²) in [6.07, 6.45) is 3.35. The lowest BCUT2D eigenvalue weighted by molar-refractivity contribution is 1.32. The van der Waals surface area contributed by atoms with E-state index < -0.39 is 0 Å².